The zero-order chi connectivity index (χ0) is 14.3. The van der Waals surface area contributed by atoms with Crippen LogP contribution in [0.15, 0.2) is 17.1 Å². The van der Waals surface area contributed by atoms with Crippen LogP contribution in [0.3, 0.4) is 0 Å². The Balaban J connectivity index is 2.64. The lowest BCUT2D eigenvalue weighted by Gasteiger charge is -2.23. The second-order valence-corrected chi connectivity index (χ2v) is 6.06. The van der Waals surface area contributed by atoms with Crippen LogP contribution in [0.1, 0.15) is 44.7 Å². The molecule has 102 valence electrons. The van der Waals surface area contributed by atoms with Crippen molar-refractivity contribution in [3.8, 4) is 11.5 Å². The summed E-state index contributed by atoms with van der Waals surface area (Å²) in [6, 6.07) is 3.69. The third-order valence-electron chi connectivity index (χ3n) is 3.62. The molecule has 19 heavy (non-hydrogen) atoms. The number of ether oxygens (including phenoxy) is 1. The second-order valence-electron chi connectivity index (χ2n) is 6.06. The van der Waals surface area contributed by atoms with Gasteiger partial charge in [0.15, 0.2) is 11.5 Å². The smallest absolute Gasteiger partial charge is 0.235 e. The molecule has 0 amide bonds. The molecular formula is C15H19NO3. The van der Waals surface area contributed by atoms with Gasteiger partial charge in [-0.05, 0) is 36.0 Å². The molecule has 1 aliphatic rings. The first-order valence-corrected chi connectivity index (χ1v) is 6.35. The number of nitrogens with zero attached hydrogens (tertiary/aromatic N) is 1. The van der Waals surface area contributed by atoms with Gasteiger partial charge in [0.2, 0.25) is 6.08 Å². The minimum absolute atomic E-state index is 0.0947. The van der Waals surface area contributed by atoms with Gasteiger partial charge in [-0.15, -0.1) is 0 Å². The number of rotatable bonds is 3. The maximum atomic E-state index is 10.6. The second kappa shape index (κ2) is 4.39. The van der Waals surface area contributed by atoms with E-state index in [1.165, 1.54) is 7.11 Å². The van der Waals surface area contributed by atoms with E-state index in [0.717, 1.165) is 24.0 Å². The van der Waals surface area contributed by atoms with E-state index in [9.17, 15) is 9.90 Å². The maximum absolute atomic E-state index is 10.6. The molecule has 1 fully saturated rings. The normalized spacial score (nSPS) is 16.6. The van der Waals surface area contributed by atoms with Crippen molar-refractivity contribution in [1.82, 2.24) is 0 Å². The summed E-state index contributed by atoms with van der Waals surface area (Å²) in [5.74, 6) is 0.502. The van der Waals surface area contributed by atoms with Crippen molar-refractivity contribution >= 4 is 6.08 Å². The fourth-order valence-electron chi connectivity index (χ4n) is 2.25. The van der Waals surface area contributed by atoms with Gasteiger partial charge in [-0.2, -0.15) is 4.99 Å². The monoisotopic (exact) mass is 261 g/mol. The van der Waals surface area contributed by atoms with Gasteiger partial charge in [-0.3, -0.25) is 0 Å². The lowest BCUT2D eigenvalue weighted by molar-refractivity contribution is 0.363. The van der Waals surface area contributed by atoms with E-state index >= 15 is 0 Å². The molecule has 4 nitrogen and oxygen atoms in total. The predicted molar refractivity (Wildman–Crippen MR) is 72.4 cm³/mol. The van der Waals surface area contributed by atoms with Crippen molar-refractivity contribution in [2.75, 3.05) is 7.11 Å². The average Bonchev–Trinajstić information content (AvgIpc) is 3.08. The van der Waals surface area contributed by atoms with Crippen LogP contribution in [0.2, 0.25) is 0 Å². The number of hydrogen-bond donors (Lipinski definition) is 1. The first-order chi connectivity index (χ1) is 8.84. The number of aliphatic imine (C=N–C) groups is 1. The number of phenolic OH excluding ortho intramolecular Hbond substituents is 1. The number of benzene rings is 1. The van der Waals surface area contributed by atoms with E-state index in [1.807, 2.05) is 6.07 Å². The highest BCUT2D eigenvalue weighted by Crippen LogP contribution is 2.54. The maximum Gasteiger partial charge on any atom is 0.235 e. The minimum Gasteiger partial charge on any atom is -0.504 e. The number of carbonyl (C=O) groups excluding carboxylic acids is 1. The molecule has 0 saturated heterocycles. The summed E-state index contributed by atoms with van der Waals surface area (Å²) in [4.78, 5) is 14.5. The van der Waals surface area contributed by atoms with Gasteiger partial charge in [0.05, 0.1) is 7.11 Å². The molecule has 0 spiro atoms. The Bertz CT molecular complexity index is 547. The van der Waals surface area contributed by atoms with E-state index in [4.69, 9.17) is 4.74 Å². The van der Waals surface area contributed by atoms with Crippen LogP contribution in [0, 0.1) is 0 Å². The Hall–Kier alpha value is -1.80. The molecule has 4 heteroatoms. The van der Waals surface area contributed by atoms with E-state index < -0.39 is 5.54 Å². The van der Waals surface area contributed by atoms with Gasteiger partial charge in [0, 0.05) is 5.56 Å². The average molecular weight is 261 g/mol. The highest BCUT2D eigenvalue weighted by molar-refractivity contribution is 5.56. The number of phenols is 1. The molecular weight excluding hydrogens is 242 g/mol. The van der Waals surface area contributed by atoms with Crippen LogP contribution >= 0.6 is 0 Å². The van der Waals surface area contributed by atoms with Crippen molar-refractivity contribution in [3.05, 3.63) is 23.3 Å². The zero-order valence-electron chi connectivity index (χ0n) is 11.8. The van der Waals surface area contributed by atoms with Gasteiger partial charge in [0.1, 0.15) is 5.54 Å². The quantitative estimate of drug-likeness (QED) is 0.672. The Morgan fingerprint density at radius 1 is 1.37 bits per heavy atom. The molecule has 1 N–H and O–H groups in total. The van der Waals surface area contributed by atoms with Gasteiger partial charge >= 0.3 is 0 Å². The van der Waals surface area contributed by atoms with Crippen molar-refractivity contribution in [1.29, 1.82) is 0 Å². The molecule has 0 aromatic heterocycles. The minimum atomic E-state index is -0.550. The van der Waals surface area contributed by atoms with Gasteiger partial charge in [-0.25, -0.2) is 4.79 Å². The highest BCUT2D eigenvalue weighted by Gasteiger charge is 2.47. The van der Waals surface area contributed by atoms with Crippen molar-refractivity contribution in [2.24, 2.45) is 4.99 Å². The van der Waals surface area contributed by atoms with E-state index in [2.05, 4.69) is 25.8 Å². The van der Waals surface area contributed by atoms with Crippen LogP contribution in [0.25, 0.3) is 0 Å². The fraction of sp³-hybridized carbons (Fsp3) is 0.533. The molecule has 0 unspecified atom stereocenters. The van der Waals surface area contributed by atoms with Gasteiger partial charge in [0.25, 0.3) is 0 Å². The summed E-state index contributed by atoms with van der Waals surface area (Å²) in [6.07, 6.45) is 3.20. The van der Waals surface area contributed by atoms with Gasteiger partial charge < -0.3 is 9.84 Å². The number of isocyanates is 1. The molecule has 0 atom stereocenters. The molecule has 0 bridgehead atoms. The van der Waals surface area contributed by atoms with Crippen LogP contribution in [-0.2, 0) is 15.7 Å². The highest BCUT2D eigenvalue weighted by atomic mass is 16.5. The van der Waals surface area contributed by atoms with Crippen LogP contribution in [0.4, 0.5) is 0 Å². The first-order valence-electron chi connectivity index (χ1n) is 6.35. The lowest BCUT2D eigenvalue weighted by atomic mass is 9.84. The predicted octanol–water partition coefficient (Wildman–Crippen LogP) is 3.02. The summed E-state index contributed by atoms with van der Waals surface area (Å²) < 4.78 is 5.28. The standard InChI is InChI=1S/C15H19NO3/c1-14(2,3)10-7-11(13(19-4)12(18)8-10)15(5-6-15)16-9-17/h7-8,18H,5-6H2,1-4H3. The number of hydrogen-bond acceptors (Lipinski definition) is 4. The summed E-state index contributed by atoms with van der Waals surface area (Å²) in [7, 11) is 1.51. The Morgan fingerprint density at radius 2 is 2.00 bits per heavy atom. The summed E-state index contributed by atoms with van der Waals surface area (Å²) in [5.41, 5.74) is 1.13. The summed E-state index contributed by atoms with van der Waals surface area (Å²) in [5, 5.41) is 10.1. The van der Waals surface area contributed by atoms with E-state index in [-0.39, 0.29) is 11.2 Å². The number of aromatic hydroxyl groups is 1. The number of methoxy groups -OCH3 is 1. The van der Waals surface area contributed by atoms with Crippen molar-refractivity contribution < 1.29 is 14.6 Å². The topological polar surface area (TPSA) is 58.9 Å². The SMILES string of the molecule is COc1c(O)cc(C(C)(C)C)cc1C1(N=C=O)CC1. The Morgan fingerprint density at radius 3 is 2.42 bits per heavy atom. The molecule has 0 aliphatic heterocycles. The summed E-state index contributed by atoms with van der Waals surface area (Å²) in [6.45, 7) is 6.21. The third-order valence-corrected chi connectivity index (χ3v) is 3.62. The summed E-state index contributed by atoms with van der Waals surface area (Å²) >= 11 is 0. The molecule has 1 aromatic rings. The third kappa shape index (κ3) is 2.36. The van der Waals surface area contributed by atoms with Crippen LogP contribution < -0.4 is 4.74 Å². The first kappa shape index (κ1) is 13.6. The zero-order valence-corrected chi connectivity index (χ0v) is 11.8. The Labute approximate surface area is 113 Å². The van der Waals surface area contributed by atoms with E-state index in [1.54, 1.807) is 12.1 Å². The molecule has 1 saturated carbocycles. The van der Waals surface area contributed by atoms with E-state index in [0.29, 0.717) is 5.75 Å². The molecule has 0 radical (unpaired) electrons. The van der Waals surface area contributed by atoms with Gasteiger partial charge in [-0.1, -0.05) is 20.8 Å². The van der Waals surface area contributed by atoms with Crippen LogP contribution in [0.5, 0.6) is 11.5 Å². The largest absolute Gasteiger partial charge is 0.504 e. The molecule has 2 rings (SSSR count). The lowest BCUT2D eigenvalue weighted by Crippen LogP contribution is -2.14. The van der Waals surface area contributed by atoms with Crippen LogP contribution in [-0.4, -0.2) is 18.3 Å². The molecule has 1 aliphatic carbocycles. The molecule has 1 aromatic carbocycles. The molecule has 0 heterocycles. The Kier molecular flexibility index (Phi) is 3.15. The fourth-order valence-corrected chi connectivity index (χ4v) is 2.25. The van der Waals surface area contributed by atoms with Crippen molar-refractivity contribution in [3.63, 3.8) is 0 Å². The van der Waals surface area contributed by atoms with Crippen molar-refractivity contribution in [2.45, 2.75) is 44.6 Å².